The van der Waals surface area contributed by atoms with Gasteiger partial charge < -0.3 is 10.4 Å². The predicted molar refractivity (Wildman–Crippen MR) is 70.1 cm³/mol. The summed E-state index contributed by atoms with van der Waals surface area (Å²) in [7, 11) is 0. The van der Waals surface area contributed by atoms with Crippen LogP contribution in [0.5, 0.6) is 0 Å². The van der Waals surface area contributed by atoms with Gasteiger partial charge in [0.05, 0.1) is 12.1 Å². The summed E-state index contributed by atoms with van der Waals surface area (Å²) in [6.07, 6.45) is 7.01. The van der Waals surface area contributed by atoms with E-state index in [-0.39, 0.29) is 12.1 Å². The largest absolute Gasteiger partial charge is 0.391 e. The van der Waals surface area contributed by atoms with Gasteiger partial charge in [0.25, 0.3) is 0 Å². The van der Waals surface area contributed by atoms with Gasteiger partial charge in [-0.25, -0.2) is 0 Å². The molecule has 2 atom stereocenters. The predicted octanol–water partition coefficient (Wildman–Crippen LogP) is 2.96. The Kier molecular flexibility index (Phi) is 3.06. The molecule has 1 saturated carbocycles. The van der Waals surface area contributed by atoms with Crippen LogP contribution in [-0.4, -0.2) is 17.3 Å². The molecule has 0 aromatic heterocycles. The molecular formula is C15H21NO. The van der Waals surface area contributed by atoms with E-state index in [0.717, 1.165) is 12.8 Å². The number of aliphatic hydroxyl groups is 1. The number of nitrogens with one attached hydrogen (secondary N) is 1. The third-order valence-corrected chi connectivity index (χ3v) is 4.38. The zero-order valence-electron chi connectivity index (χ0n) is 10.2. The first-order valence-electron chi connectivity index (χ1n) is 6.87. The van der Waals surface area contributed by atoms with Crippen molar-refractivity contribution in [2.24, 2.45) is 5.92 Å². The Labute approximate surface area is 103 Å². The van der Waals surface area contributed by atoms with Crippen LogP contribution in [0.2, 0.25) is 0 Å². The second-order valence-corrected chi connectivity index (χ2v) is 5.48. The van der Waals surface area contributed by atoms with E-state index in [0.29, 0.717) is 5.92 Å². The van der Waals surface area contributed by atoms with Crippen LogP contribution in [0.4, 0.5) is 5.69 Å². The molecule has 1 aromatic carbocycles. The number of para-hydroxylation sites is 1. The molecule has 3 rings (SSSR count). The highest BCUT2D eigenvalue weighted by molar-refractivity contribution is 5.53. The summed E-state index contributed by atoms with van der Waals surface area (Å²) in [6.45, 7) is 0. The highest BCUT2D eigenvalue weighted by Crippen LogP contribution is 2.33. The molecule has 2 aliphatic rings. The molecule has 1 aliphatic carbocycles. The maximum absolute atomic E-state index is 10.4. The first-order chi connectivity index (χ1) is 8.34. The van der Waals surface area contributed by atoms with E-state index < -0.39 is 0 Å². The molecule has 2 nitrogen and oxygen atoms in total. The van der Waals surface area contributed by atoms with Crippen LogP contribution in [-0.2, 0) is 6.42 Å². The van der Waals surface area contributed by atoms with Gasteiger partial charge in [-0.2, -0.15) is 0 Å². The van der Waals surface area contributed by atoms with Gasteiger partial charge in [-0.15, -0.1) is 0 Å². The minimum Gasteiger partial charge on any atom is -0.391 e. The van der Waals surface area contributed by atoms with Crippen LogP contribution >= 0.6 is 0 Å². The normalized spacial score (nSPS) is 26.3. The van der Waals surface area contributed by atoms with Gasteiger partial charge in [0.15, 0.2) is 0 Å². The van der Waals surface area contributed by atoms with Crippen molar-refractivity contribution in [1.82, 2.24) is 0 Å². The molecule has 2 N–H and O–H groups in total. The topological polar surface area (TPSA) is 32.3 Å². The molecule has 92 valence electrons. The van der Waals surface area contributed by atoms with Crippen molar-refractivity contribution in [2.75, 3.05) is 5.32 Å². The number of rotatable bonds is 2. The van der Waals surface area contributed by atoms with Gasteiger partial charge >= 0.3 is 0 Å². The lowest BCUT2D eigenvalue weighted by Gasteiger charge is -2.33. The van der Waals surface area contributed by atoms with Crippen LogP contribution < -0.4 is 5.32 Å². The number of hydrogen-bond acceptors (Lipinski definition) is 2. The Morgan fingerprint density at radius 1 is 1.12 bits per heavy atom. The minimum atomic E-state index is -0.161. The number of anilines is 1. The van der Waals surface area contributed by atoms with Gasteiger partial charge in [0.1, 0.15) is 0 Å². The van der Waals surface area contributed by atoms with Gasteiger partial charge in [-0.1, -0.05) is 31.0 Å². The highest BCUT2D eigenvalue weighted by Gasteiger charge is 2.31. The molecule has 0 radical (unpaired) electrons. The Morgan fingerprint density at radius 3 is 2.71 bits per heavy atom. The Balaban J connectivity index is 1.70. The third kappa shape index (κ3) is 2.19. The van der Waals surface area contributed by atoms with Crippen molar-refractivity contribution in [3.05, 3.63) is 29.8 Å². The van der Waals surface area contributed by atoms with Crippen LogP contribution in [0, 0.1) is 5.92 Å². The van der Waals surface area contributed by atoms with Crippen molar-refractivity contribution in [1.29, 1.82) is 0 Å². The van der Waals surface area contributed by atoms with Crippen LogP contribution in [0.25, 0.3) is 0 Å². The van der Waals surface area contributed by atoms with E-state index >= 15 is 0 Å². The van der Waals surface area contributed by atoms with Gasteiger partial charge in [-0.3, -0.25) is 0 Å². The lowest BCUT2D eigenvalue weighted by Crippen LogP contribution is -2.40. The zero-order chi connectivity index (χ0) is 11.7. The molecule has 1 heterocycles. The van der Waals surface area contributed by atoms with Crippen molar-refractivity contribution in [2.45, 2.75) is 50.7 Å². The lowest BCUT2D eigenvalue weighted by molar-refractivity contribution is 0.0872. The summed E-state index contributed by atoms with van der Waals surface area (Å²) in [5, 5.41) is 14.0. The average Bonchev–Trinajstić information content (AvgIpc) is 2.91. The first kappa shape index (κ1) is 11.1. The summed E-state index contributed by atoms with van der Waals surface area (Å²) in [5.41, 5.74) is 2.61. The number of aryl methyl sites for hydroxylation is 1. The monoisotopic (exact) mass is 231 g/mol. The molecule has 0 bridgehead atoms. The summed E-state index contributed by atoms with van der Waals surface area (Å²) in [5.74, 6) is 0.526. The Hall–Kier alpha value is -1.02. The molecule has 0 spiro atoms. The number of hydrogen-bond donors (Lipinski definition) is 2. The van der Waals surface area contributed by atoms with E-state index in [2.05, 4.69) is 29.6 Å². The second kappa shape index (κ2) is 4.69. The molecule has 2 heteroatoms. The fraction of sp³-hybridized carbons (Fsp3) is 0.600. The second-order valence-electron chi connectivity index (χ2n) is 5.48. The number of aliphatic hydroxyl groups excluding tert-OH is 1. The fourth-order valence-electron chi connectivity index (χ4n) is 3.35. The molecule has 17 heavy (non-hydrogen) atoms. The maximum Gasteiger partial charge on any atom is 0.0769 e. The lowest BCUT2D eigenvalue weighted by atomic mass is 9.88. The van der Waals surface area contributed by atoms with Gasteiger partial charge in [0.2, 0.25) is 0 Å². The van der Waals surface area contributed by atoms with E-state index in [1.54, 1.807) is 0 Å². The molecule has 1 aromatic rings. The van der Waals surface area contributed by atoms with E-state index in [1.165, 1.54) is 36.9 Å². The highest BCUT2D eigenvalue weighted by atomic mass is 16.3. The summed E-state index contributed by atoms with van der Waals surface area (Å²) >= 11 is 0. The Morgan fingerprint density at radius 2 is 1.88 bits per heavy atom. The van der Waals surface area contributed by atoms with Crippen molar-refractivity contribution >= 4 is 5.69 Å². The van der Waals surface area contributed by atoms with Crippen molar-refractivity contribution in [3.63, 3.8) is 0 Å². The van der Waals surface area contributed by atoms with Crippen LogP contribution in [0.15, 0.2) is 24.3 Å². The molecule has 1 fully saturated rings. The van der Waals surface area contributed by atoms with E-state index in [9.17, 15) is 5.11 Å². The molecular weight excluding hydrogens is 210 g/mol. The van der Waals surface area contributed by atoms with Gasteiger partial charge in [-0.05, 0) is 43.2 Å². The number of benzene rings is 1. The molecule has 2 unspecified atom stereocenters. The van der Waals surface area contributed by atoms with E-state index in [1.807, 2.05) is 0 Å². The molecule has 0 saturated heterocycles. The minimum absolute atomic E-state index is 0.161. The Bertz CT molecular complexity index is 384. The average molecular weight is 231 g/mol. The third-order valence-electron chi connectivity index (χ3n) is 4.38. The van der Waals surface area contributed by atoms with Crippen LogP contribution in [0.1, 0.15) is 37.7 Å². The SMILES string of the molecule is OC(C1CCCC1)C1CCc2ccccc2N1. The molecule has 0 amide bonds. The number of fused-ring (bicyclic) bond motifs is 1. The van der Waals surface area contributed by atoms with Gasteiger partial charge in [0, 0.05) is 5.69 Å². The fourth-order valence-corrected chi connectivity index (χ4v) is 3.35. The summed E-state index contributed by atoms with van der Waals surface area (Å²) in [6, 6.07) is 8.72. The van der Waals surface area contributed by atoms with E-state index in [4.69, 9.17) is 0 Å². The first-order valence-corrected chi connectivity index (χ1v) is 6.87. The summed E-state index contributed by atoms with van der Waals surface area (Å²) < 4.78 is 0. The standard InChI is InChI=1S/C15H21NO/c17-15(12-6-1-2-7-12)14-10-9-11-5-3-4-8-13(11)16-14/h3-5,8,12,14-17H,1-2,6-7,9-10H2. The summed E-state index contributed by atoms with van der Waals surface area (Å²) in [4.78, 5) is 0. The maximum atomic E-state index is 10.4. The molecule has 1 aliphatic heterocycles. The quantitative estimate of drug-likeness (QED) is 0.820. The van der Waals surface area contributed by atoms with Crippen molar-refractivity contribution in [3.8, 4) is 0 Å². The zero-order valence-corrected chi connectivity index (χ0v) is 10.2. The van der Waals surface area contributed by atoms with Crippen LogP contribution in [0.3, 0.4) is 0 Å². The smallest absolute Gasteiger partial charge is 0.0769 e. The van der Waals surface area contributed by atoms with Crippen molar-refractivity contribution < 1.29 is 5.11 Å².